The molecule has 0 unspecified atom stereocenters. The van der Waals surface area contributed by atoms with E-state index in [2.05, 4.69) is 15.3 Å². The second-order valence-electron chi connectivity index (χ2n) is 5.90. The van der Waals surface area contributed by atoms with E-state index in [0.717, 1.165) is 34.7 Å². The molecule has 5 nitrogen and oxygen atoms in total. The van der Waals surface area contributed by atoms with Gasteiger partial charge in [0, 0.05) is 10.9 Å². The predicted molar refractivity (Wildman–Crippen MR) is 84.9 cm³/mol. The molecular formula is C14H17N3O2S2. The summed E-state index contributed by atoms with van der Waals surface area (Å²) in [6.07, 6.45) is 4.08. The van der Waals surface area contributed by atoms with E-state index in [1.165, 1.54) is 16.9 Å². The van der Waals surface area contributed by atoms with Crippen LogP contribution >= 0.6 is 11.3 Å². The van der Waals surface area contributed by atoms with E-state index in [0.29, 0.717) is 6.42 Å². The Labute approximate surface area is 127 Å². The average molecular weight is 323 g/mol. The summed E-state index contributed by atoms with van der Waals surface area (Å²) in [5.74, 6) is 2.06. The van der Waals surface area contributed by atoms with E-state index in [4.69, 9.17) is 0 Å². The van der Waals surface area contributed by atoms with E-state index in [9.17, 15) is 8.42 Å². The van der Waals surface area contributed by atoms with Gasteiger partial charge in [-0.05, 0) is 38.2 Å². The first-order valence-corrected chi connectivity index (χ1v) is 9.91. The lowest BCUT2D eigenvalue weighted by Crippen LogP contribution is -2.21. The number of nitrogens with zero attached hydrogens (tertiary/aromatic N) is 2. The van der Waals surface area contributed by atoms with Gasteiger partial charge in [-0.15, -0.1) is 11.3 Å². The molecule has 1 aliphatic carbocycles. The summed E-state index contributed by atoms with van der Waals surface area (Å²) in [6.45, 7) is 1.89. The van der Waals surface area contributed by atoms with Crippen LogP contribution in [0.25, 0.3) is 10.2 Å². The van der Waals surface area contributed by atoms with E-state index < -0.39 is 9.84 Å². The highest BCUT2D eigenvalue weighted by atomic mass is 32.2. The molecule has 0 spiro atoms. The molecule has 1 aliphatic heterocycles. The van der Waals surface area contributed by atoms with Crippen molar-refractivity contribution in [3.8, 4) is 0 Å². The van der Waals surface area contributed by atoms with Crippen molar-refractivity contribution in [1.29, 1.82) is 0 Å². The van der Waals surface area contributed by atoms with Crippen LogP contribution in [0, 0.1) is 6.92 Å². The number of aromatic nitrogens is 2. The Morgan fingerprint density at radius 3 is 2.90 bits per heavy atom. The second kappa shape index (κ2) is 4.64. The highest BCUT2D eigenvalue weighted by molar-refractivity contribution is 7.91. The lowest BCUT2D eigenvalue weighted by Gasteiger charge is -2.13. The smallest absolute Gasteiger partial charge is 0.152 e. The molecule has 112 valence electrons. The maximum atomic E-state index is 11.6. The number of hydrogen-bond acceptors (Lipinski definition) is 6. The minimum Gasteiger partial charge on any atom is -0.366 e. The highest BCUT2D eigenvalue weighted by Gasteiger charge is 2.29. The zero-order valence-electron chi connectivity index (χ0n) is 11.8. The van der Waals surface area contributed by atoms with Crippen molar-refractivity contribution in [2.75, 3.05) is 16.8 Å². The minimum absolute atomic E-state index is 0.0237. The van der Waals surface area contributed by atoms with Gasteiger partial charge < -0.3 is 5.32 Å². The molecule has 21 heavy (non-hydrogen) atoms. The third-order valence-electron chi connectivity index (χ3n) is 4.25. The van der Waals surface area contributed by atoms with E-state index in [1.54, 1.807) is 11.3 Å². The third kappa shape index (κ3) is 2.32. The van der Waals surface area contributed by atoms with Gasteiger partial charge in [-0.3, -0.25) is 0 Å². The number of aryl methyl sites for hydroxylation is 3. The van der Waals surface area contributed by atoms with Crippen LogP contribution in [0.15, 0.2) is 0 Å². The molecule has 1 atom stereocenters. The van der Waals surface area contributed by atoms with Crippen molar-refractivity contribution in [2.24, 2.45) is 0 Å². The molecule has 1 N–H and O–H groups in total. The zero-order valence-corrected chi connectivity index (χ0v) is 13.5. The average Bonchev–Trinajstić information content (AvgIpc) is 3.02. The van der Waals surface area contributed by atoms with E-state index >= 15 is 0 Å². The van der Waals surface area contributed by atoms with Crippen molar-refractivity contribution < 1.29 is 8.42 Å². The summed E-state index contributed by atoms with van der Waals surface area (Å²) in [7, 11) is -2.88. The molecule has 3 heterocycles. The predicted octanol–water partition coefficient (Wildman–Crippen LogP) is 2.09. The summed E-state index contributed by atoms with van der Waals surface area (Å²) in [5, 5.41) is 4.50. The van der Waals surface area contributed by atoms with Crippen LogP contribution in [-0.4, -0.2) is 35.9 Å². The van der Waals surface area contributed by atoms with E-state index in [1.807, 2.05) is 6.92 Å². The normalized spacial score (nSPS) is 23.6. The number of thiophene rings is 1. The first-order valence-electron chi connectivity index (χ1n) is 7.28. The highest BCUT2D eigenvalue weighted by Crippen LogP contribution is 2.39. The summed E-state index contributed by atoms with van der Waals surface area (Å²) in [4.78, 5) is 11.6. The van der Waals surface area contributed by atoms with Crippen LogP contribution in [0.1, 0.15) is 29.1 Å². The lowest BCUT2D eigenvalue weighted by atomic mass is 10.1. The van der Waals surface area contributed by atoms with Gasteiger partial charge in [-0.1, -0.05) is 0 Å². The Morgan fingerprint density at radius 2 is 2.14 bits per heavy atom. The van der Waals surface area contributed by atoms with Crippen LogP contribution < -0.4 is 5.32 Å². The Balaban J connectivity index is 1.77. The number of sulfone groups is 1. The fourth-order valence-electron chi connectivity index (χ4n) is 3.31. The molecule has 0 saturated carbocycles. The fraction of sp³-hybridized carbons (Fsp3) is 0.571. The van der Waals surface area contributed by atoms with Crippen molar-refractivity contribution in [3.05, 3.63) is 16.3 Å². The summed E-state index contributed by atoms with van der Waals surface area (Å²) >= 11 is 1.76. The summed E-state index contributed by atoms with van der Waals surface area (Å²) in [6, 6.07) is -0.0237. The van der Waals surface area contributed by atoms with Crippen molar-refractivity contribution in [2.45, 2.75) is 38.6 Å². The van der Waals surface area contributed by atoms with Gasteiger partial charge in [0.25, 0.3) is 0 Å². The quantitative estimate of drug-likeness (QED) is 0.916. The number of fused-ring (bicyclic) bond motifs is 3. The maximum absolute atomic E-state index is 11.6. The Hall–Kier alpha value is -1.21. The molecule has 1 saturated heterocycles. The van der Waals surface area contributed by atoms with Gasteiger partial charge in [0.2, 0.25) is 0 Å². The molecule has 0 bridgehead atoms. The first kappa shape index (κ1) is 13.5. The largest absolute Gasteiger partial charge is 0.366 e. The fourth-order valence-corrected chi connectivity index (χ4v) is 6.29. The molecule has 2 aromatic rings. The molecule has 0 amide bonds. The Bertz CT molecular complexity index is 826. The second-order valence-corrected chi connectivity index (χ2v) is 9.21. The van der Waals surface area contributed by atoms with E-state index in [-0.39, 0.29) is 17.5 Å². The molecule has 2 aromatic heterocycles. The molecular weight excluding hydrogens is 306 g/mol. The standard InChI is InChI=1S/C14H17N3O2S2/c1-8-15-13(17-9-5-6-21(18,19)7-9)12-10-3-2-4-11(10)20-14(12)16-8/h9H,2-7H2,1H3,(H,15,16,17)/t9-/m1/s1. The Kier molecular flexibility index (Phi) is 2.97. The minimum atomic E-state index is -2.88. The Morgan fingerprint density at radius 1 is 1.29 bits per heavy atom. The van der Waals surface area contributed by atoms with Crippen LogP contribution in [0.4, 0.5) is 5.82 Å². The maximum Gasteiger partial charge on any atom is 0.152 e. The first-order chi connectivity index (χ1) is 10.0. The zero-order chi connectivity index (χ0) is 14.6. The summed E-state index contributed by atoms with van der Waals surface area (Å²) in [5.41, 5.74) is 1.37. The molecule has 0 aromatic carbocycles. The SMILES string of the molecule is Cc1nc(N[C@@H]2CCS(=O)(=O)C2)c2c3c(sc2n1)CCC3. The van der Waals surface area contributed by atoms with Gasteiger partial charge in [0.1, 0.15) is 16.5 Å². The topological polar surface area (TPSA) is 72.0 Å². The molecule has 1 fully saturated rings. The monoisotopic (exact) mass is 323 g/mol. The van der Waals surface area contributed by atoms with Crippen LogP contribution in [0.2, 0.25) is 0 Å². The van der Waals surface area contributed by atoms with Gasteiger partial charge in [0.15, 0.2) is 9.84 Å². The number of rotatable bonds is 2. The lowest BCUT2D eigenvalue weighted by molar-refractivity contribution is 0.602. The molecule has 4 rings (SSSR count). The summed E-state index contributed by atoms with van der Waals surface area (Å²) < 4.78 is 23.3. The van der Waals surface area contributed by atoms with Gasteiger partial charge in [0.05, 0.1) is 16.9 Å². The van der Waals surface area contributed by atoms with Crippen molar-refractivity contribution in [1.82, 2.24) is 9.97 Å². The van der Waals surface area contributed by atoms with Gasteiger partial charge >= 0.3 is 0 Å². The van der Waals surface area contributed by atoms with Crippen molar-refractivity contribution >= 4 is 37.2 Å². The van der Waals surface area contributed by atoms with Crippen LogP contribution in [-0.2, 0) is 22.7 Å². The van der Waals surface area contributed by atoms with Gasteiger partial charge in [-0.2, -0.15) is 0 Å². The number of anilines is 1. The molecule has 2 aliphatic rings. The third-order valence-corrected chi connectivity index (χ3v) is 7.20. The van der Waals surface area contributed by atoms with Gasteiger partial charge in [-0.25, -0.2) is 18.4 Å². The number of nitrogens with one attached hydrogen (secondary N) is 1. The van der Waals surface area contributed by atoms with Crippen molar-refractivity contribution in [3.63, 3.8) is 0 Å². The molecule has 7 heteroatoms. The number of hydrogen-bond donors (Lipinski definition) is 1. The van der Waals surface area contributed by atoms with Crippen LogP contribution in [0.3, 0.4) is 0 Å². The molecule has 0 radical (unpaired) electrons. The van der Waals surface area contributed by atoms with Crippen LogP contribution in [0.5, 0.6) is 0 Å².